The van der Waals surface area contributed by atoms with E-state index in [-0.39, 0.29) is 11.9 Å². The monoisotopic (exact) mass is 210 g/mol. The molecule has 84 valence electrons. The molecule has 0 aliphatic rings. The van der Waals surface area contributed by atoms with Crippen LogP contribution in [0.4, 0.5) is 0 Å². The van der Waals surface area contributed by atoms with E-state index in [0.717, 1.165) is 12.2 Å². The number of rotatable bonds is 6. The average Bonchev–Trinajstić information content (AvgIpc) is 2.58. The van der Waals surface area contributed by atoms with Crippen molar-refractivity contribution in [2.24, 2.45) is 5.73 Å². The minimum absolute atomic E-state index is 0.264. The van der Waals surface area contributed by atoms with Gasteiger partial charge >= 0.3 is 0 Å². The second-order valence-electron chi connectivity index (χ2n) is 3.52. The van der Waals surface area contributed by atoms with Crippen molar-refractivity contribution in [3.05, 3.63) is 18.0 Å². The second-order valence-corrected chi connectivity index (χ2v) is 3.52. The lowest BCUT2D eigenvalue weighted by Crippen LogP contribution is -2.41. The Labute approximate surface area is 89.6 Å². The van der Waals surface area contributed by atoms with E-state index in [0.29, 0.717) is 13.0 Å². The topological polar surface area (TPSA) is 72.9 Å². The highest BCUT2D eigenvalue weighted by Gasteiger charge is 2.13. The molecule has 0 saturated heterocycles. The largest absolute Gasteiger partial charge is 0.368 e. The Kier molecular flexibility index (Phi) is 4.30. The molecule has 15 heavy (non-hydrogen) atoms. The van der Waals surface area contributed by atoms with Gasteiger partial charge < -0.3 is 11.1 Å². The van der Waals surface area contributed by atoms with Gasteiger partial charge in [-0.25, -0.2) is 0 Å². The van der Waals surface area contributed by atoms with Crippen molar-refractivity contribution in [1.82, 2.24) is 15.1 Å². The fourth-order valence-electron chi connectivity index (χ4n) is 1.44. The number of carbonyl (C=O) groups is 1. The molecular formula is C10H18N4O. The molecule has 0 radical (unpaired) electrons. The maximum atomic E-state index is 11.0. The van der Waals surface area contributed by atoms with Crippen molar-refractivity contribution < 1.29 is 4.79 Å². The maximum absolute atomic E-state index is 11.0. The fourth-order valence-corrected chi connectivity index (χ4v) is 1.44. The van der Waals surface area contributed by atoms with E-state index >= 15 is 0 Å². The number of hydrogen-bond donors (Lipinski definition) is 2. The zero-order valence-corrected chi connectivity index (χ0v) is 9.23. The zero-order chi connectivity index (χ0) is 11.3. The Morgan fingerprint density at radius 3 is 2.93 bits per heavy atom. The van der Waals surface area contributed by atoms with Gasteiger partial charge in [0.25, 0.3) is 0 Å². The van der Waals surface area contributed by atoms with E-state index in [1.165, 1.54) is 0 Å². The van der Waals surface area contributed by atoms with Crippen LogP contribution >= 0.6 is 0 Å². The maximum Gasteiger partial charge on any atom is 0.234 e. The van der Waals surface area contributed by atoms with E-state index in [1.807, 2.05) is 30.8 Å². The van der Waals surface area contributed by atoms with Gasteiger partial charge in [-0.3, -0.25) is 9.48 Å². The summed E-state index contributed by atoms with van der Waals surface area (Å²) in [5.74, 6) is -0.305. The lowest BCUT2D eigenvalue weighted by Gasteiger charge is -2.13. The first-order valence-corrected chi connectivity index (χ1v) is 5.16. The van der Waals surface area contributed by atoms with E-state index in [4.69, 9.17) is 5.73 Å². The molecule has 5 nitrogen and oxygen atoms in total. The van der Waals surface area contributed by atoms with Gasteiger partial charge in [-0.1, -0.05) is 6.92 Å². The van der Waals surface area contributed by atoms with E-state index in [9.17, 15) is 4.79 Å². The minimum Gasteiger partial charge on any atom is -0.368 e. The molecule has 1 heterocycles. The van der Waals surface area contributed by atoms with Gasteiger partial charge in [0.15, 0.2) is 0 Å². The van der Waals surface area contributed by atoms with Crippen LogP contribution in [-0.4, -0.2) is 28.3 Å². The average molecular weight is 210 g/mol. The van der Waals surface area contributed by atoms with E-state index in [2.05, 4.69) is 10.4 Å². The van der Waals surface area contributed by atoms with Crippen molar-refractivity contribution in [3.63, 3.8) is 0 Å². The Bertz CT molecular complexity index is 321. The van der Waals surface area contributed by atoms with Gasteiger partial charge in [0.1, 0.15) is 0 Å². The van der Waals surface area contributed by atoms with Gasteiger partial charge in [0.05, 0.1) is 11.7 Å². The third-order valence-corrected chi connectivity index (χ3v) is 2.21. The minimum atomic E-state index is -0.305. The number of aryl methyl sites for hydroxylation is 2. The molecular weight excluding hydrogens is 192 g/mol. The van der Waals surface area contributed by atoms with Crippen LogP contribution in [0.1, 0.15) is 19.0 Å². The summed E-state index contributed by atoms with van der Waals surface area (Å²) in [6, 6.07) is 1.67. The molecule has 0 aromatic carbocycles. The third-order valence-electron chi connectivity index (χ3n) is 2.21. The predicted octanol–water partition coefficient (Wildman–Crippen LogP) is 0.0450. The van der Waals surface area contributed by atoms with Gasteiger partial charge in [0.2, 0.25) is 5.91 Å². The van der Waals surface area contributed by atoms with Gasteiger partial charge in [-0.05, 0) is 26.0 Å². The fraction of sp³-hybridized carbons (Fsp3) is 0.600. The smallest absolute Gasteiger partial charge is 0.234 e. The van der Waals surface area contributed by atoms with Crippen LogP contribution in [0.15, 0.2) is 12.3 Å². The third kappa shape index (κ3) is 3.71. The second kappa shape index (κ2) is 5.50. The van der Waals surface area contributed by atoms with Crippen LogP contribution in [0.5, 0.6) is 0 Å². The Morgan fingerprint density at radius 1 is 1.73 bits per heavy atom. The number of likely N-dealkylation sites (N-methyl/N-ethyl adjacent to an activating group) is 1. The first-order valence-electron chi connectivity index (χ1n) is 5.16. The van der Waals surface area contributed by atoms with Gasteiger partial charge in [0, 0.05) is 12.7 Å². The summed E-state index contributed by atoms with van der Waals surface area (Å²) in [4.78, 5) is 11.0. The number of carbonyl (C=O) groups excluding carboxylic acids is 1. The van der Waals surface area contributed by atoms with Crippen LogP contribution in [0.25, 0.3) is 0 Å². The number of hydrogen-bond acceptors (Lipinski definition) is 3. The molecule has 1 aromatic rings. The predicted molar refractivity (Wildman–Crippen MR) is 58.2 cm³/mol. The summed E-state index contributed by atoms with van der Waals surface area (Å²) in [5.41, 5.74) is 6.24. The molecule has 1 aromatic heterocycles. The SMILES string of the molecule is CCNC(CCn1ccc(C)n1)C(N)=O. The summed E-state index contributed by atoms with van der Waals surface area (Å²) in [7, 11) is 0. The number of aromatic nitrogens is 2. The van der Waals surface area contributed by atoms with Crippen molar-refractivity contribution in [2.75, 3.05) is 6.54 Å². The van der Waals surface area contributed by atoms with Crippen molar-refractivity contribution >= 4 is 5.91 Å². The molecule has 0 aliphatic heterocycles. The highest BCUT2D eigenvalue weighted by atomic mass is 16.1. The molecule has 1 unspecified atom stereocenters. The van der Waals surface area contributed by atoms with Gasteiger partial charge in [-0.2, -0.15) is 5.10 Å². The van der Waals surface area contributed by atoms with Crippen molar-refractivity contribution in [1.29, 1.82) is 0 Å². The molecule has 5 heteroatoms. The molecule has 1 amide bonds. The molecule has 1 rings (SSSR count). The lowest BCUT2D eigenvalue weighted by atomic mass is 10.2. The van der Waals surface area contributed by atoms with E-state index < -0.39 is 0 Å². The lowest BCUT2D eigenvalue weighted by molar-refractivity contribution is -0.120. The van der Waals surface area contributed by atoms with Crippen LogP contribution in [0.3, 0.4) is 0 Å². The van der Waals surface area contributed by atoms with Crippen LogP contribution in [0.2, 0.25) is 0 Å². The summed E-state index contributed by atoms with van der Waals surface area (Å²) in [6.07, 6.45) is 2.57. The highest BCUT2D eigenvalue weighted by molar-refractivity contribution is 5.79. The highest BCUT2D eigenvalue weighted by Crippen LogP contribution is 1.98. The first-order chi connectivity index (χ1) is 7.13. The number of primary amides is 1. The normalized spacial score (nSPS) is 12.7. The standard InChI is InChI=1S/C10H18N4O/c1-3-12-9(10(11)15)5-7-14-6-4-8(2)13-14/h4,6,9,12H,3,5,7H2,1-2H3,(H2,11,15). The molecule has 0 bridgehead atoms. The number of nitrogens with one attached hydrogen (secondary N) is 1. The molecule has 0 fully saturated rings. The Balaban J connectivity index is 2.43. The molecule has 1 atom stereocenters. The molecule has 0 spiro atoms. The number of nitrogens with two attached hydrogens (primary N) is 1. The van der Waals surface area contributed by atoms with Crippen LogP contribution < -0.4 is 11.1 Å². The van der Waals surface area contributed by atoms with Crippen molar-refractivity contribution in [2.45, 2.75) is 32.9 Å². The summed E-state index contributed by atoms with van der Waals surface area (Å²) < 4.78 is 1.82. The quantitative estimate of drug-likeness (QED) is 0.696. The molecule has 3 N–H and O–H groups in total. The number of amides is 1. The summed E-state index contributed by atoms with van der Waals surface area (Å²) in [6.45, 7) is 5.33. The molecule has 0 aliphatic carbocycles. The van der Waals surface area contributed by atoms with E-state index in [1.54, 1.807) is 0 Å². The van der Waals surface area contributed by atoms with Crippen LogP contribution in [0, 0.1) is 6.92 Å². The summed E-state index contributed by atoms with van der Waals surface area (Å²) >= 11 is 0. The van der Waals surface area contributed by atoms with Gasteiger partial charge in [-0.15, -0.1) is 0 Å². The Hall–Kier alpha value is -1.36. The molecule has 0 saturated carbocycles. The first kappa shape index (κ1) is 11.7. The zero-order valence-electron chi connectivity index (χ0n) is 9.23. The Morgan fingerprint density at radius 2 is 2.47 bits per heavy atom. The number of nitrogens with zero attached hydrogens (tertiary/aromatic N) is 2. The summed E-state index contributed by atoms with van der Waals surface area (Å²) in [5, 5.41) is 7.28. The van der Waals surface area contributed by atoms with Crippen molar-refractivity contribution in [3.8, 4) is 0 Å². The van der Waals surface area contributed by atoms with Crippen LogP contribution in [-0.2, 0) is 11.3 Å².